The van der Waals surface area contributed by atoms with Gasteiger partial charge in [-0.15, -0.1) is 0 Å². The van der Waals surface area contributed by atoms with Gasteiger partial charge in [-0.2, -0.15) is 5.26 Å². The van der Waals surface area contributed by atoms with Gasteiger partial charge in [0.2, 0.25) is 0 Å². The summed E-state index contributed by atoms with van der Waals surface area (Å²) >= 11 is 0. The Morgan fingerprint density at radius 2 is 1.72 bits per heavy atom. The number of hydrogen-bond donors (Lipinski definition) is 2. The molecule has 4 aromatic carbocycles. The van der Waals surface area contributed by atoms with E-state index in [1.165, 1.54) is 6.07 Å². The molecule has 3 unspecified atom stereocenters. The number of fused-ring (bicyclic) bond motifs is 1. The van der Waals surface area contributed by atoms with Gasteiger partial charge in [0.15, 0.2) is 0 Å². The van der Waals surface area contributed by atoms with Crippen LogP contribution in [0.4, 0.5) is 4.39 Å². The van der Waals surface area contributed by atoms with E-state index in [1.54, 1.807) is 18.2 Å². The third-order valence-corrected chi connectivity index (χ3v) is 8.06. The highest BCUT2D eigenvalue weighted by Gasteiger charge is 2.59. The molecule has 196 valence electrons. The smallest absolute Gasteiger partial charge is 0.305 e. The van der Waals surface area contributed by atoms with Crippen LogP contribution in [0, 0.1) is 23.1 Å². The predicted octanol–water partition coefficient (Wildman–Crippen LogP) is 6.55. The number of carboxylic acid groups (broad SMARTS) is 1. The van der Waals surface area contributed by atoms with Gasteiger partial charge >= 0.3 is 5.97 Å². The molecule has 1 aliphatic rings. The summed E-state index contributed by atoms with van der Waals surface area (Å²) in [5, 5.41) is 22.3. The number of benzene rings is 4. The van der Waals surface area contributed by atoms with Crippen LogP contribution in [0.15, 0.2) is 84.9 Å². The summed E-state index contributed by atoms with van der Waals surface area (Å²) in [4.78, 5) is 23.4. The fourth-order valence-corrected chi connectivity index (χ4v) is 6.09. The first-order valence-corrected chi connectivity index (χ1v) is 13.2. The molecule has 1 fully saturated rings. The van der Waals surface area contributed by atoms with Gasteiger partial charge in [-0.1, -0.05) is 67.9 Å². The van der Waals surface area contributed by atoms with E-state index in [2.05, 4.69) is 18.3 Å². The highest BCUT2D eigenvalue weighted by molar-refractivity contribution is 5.94. The molecule has 5 rings (SSSR count). The number of hydrogen-bond acceptors (Lipinski definition) is 3. The number of nitrogens with one attached hydrogen (secondary N) is 1. The number of halogens is 1. The third-order valence-electron chi connectivity index (χ3n) is 8.06. The van der Waals surface area contributed by atoms with Crippen LogP contribution >= 0.6 is 0 Å². The van der Waals surface area contributed by atoms with E-state index < -0.39 is 5.97 Å². The first-order chi connectivity index (χ1) is 18.9. The van der Waals surface area contributed by atoms with Crippen LogP contribution in [0.5, 0.6) is 0 Å². The highest BCUT2D eigenvalue weighted by atomic mass is 19.1. The molecule has 0 saturated heterocycles. The summed E-state index contributed by atoms with van der Waals surface area (Å²) in [6, 6.07) is 28.4. The van der Waals surface area contributed by atoms with E-state index in [-0.39, 0.29) is 36.0 Å². The van der Waals surface area contributed by atoms with Gasteiger partial charge in [0.05, 0.1) is 18.1 Å². The van der Waals surface area contributed by atoms with Crippen LogP contribution in [0.25, 0.3) is 10.8 Å². The van der Waals surface area contributed by atoms with Crippen molar-refractivity contribution in [3.63, 3.8) is 0 Å². The van der Waals surface area contributed by atoms with E-state index in [1.807, 2.05) is 60.7 Å². The molecule has 0 spiro atoms. The number of nitrogens with zero attached hydrogens (tertiary/aromatic N) is 1. The maximum atomic E-state index is 14.9. The minimum absolute atomic E-state index is 0.0656. The first kappa shape index (κ1) is 26.1. The average Bonchev–Trinajstić information content (AvgIpc) is 3.70. The normalized spacial score (nSPS) is 18.7. The maximum Gasteiger partial charge on any atom is 0.305 e. The predicted molar refractivity (Wildman–Crippen MR) is 148 cm³/mol. The van der Waals surface area contributed by atoms with Crippen molar-refractivity contribution in [3.05, 3.63) is 119 Å². The first-order valence-electron chi connectivity index (χ1n) is 13.2. The standard InChI is InChI=1S/C33H29FN2O3/c1-2-24-19-33(24,25-13-11-23(12-14-25)32(39)36-18-17-30(37)38)31(22-9-7-21(20-35)8-10-22)28-15-16-29(34)27-6-4-3-5-26(27)28/h3-16,24,31H,2,17-19H2,1H3,(H,36,39)(H,37,38). The Balaban J connectivity index is 1.61. The summed E-state index contributed by atoms with van der Waals surface area (Å²) in [6.45, 7) is 2.24. The summed E-state index contributed by atoms with van der Waals surface area (Å²) in [6.07, 6.45) is 1.76. The van der Waals surface area contributed by atoms with Crippen LogP contribution in [-0.4, -0.2) is 23.5 Å². The molecule has 5 nitrogen and oxygen atoms in total. The number of carbonyl (C=O) groups excluding carboxylic acids is 1. The Morgan fingerprint density at radius 3 is 2.33 bits per heavy atom. The summed E-state index contributed by atoms with van der Waals surface area (Å²) in [5.74, 6) is -1.27. The SMILES string of the molecule is CCC1CC1(c1ccc(C(=O)NCCC(=O)O)cc1)C(c1ccc(C#N)cc1)c1ccc(F)c2ccccc12. The monoisotopic (exact) mass is 520 g/mol. The molecule has 0 aliphatic heterocycles. The van der Waals surface area contributed by atoms with E-state index in [9.17, 15) is 19.2 Å². The van der Waals surface area contributed by atoms with Crippen molar-refractivity contribution in [3.8, 4) is 6.07 Å². The molecule has 0 bridgehead atoms. The number of carboxylic acids is 1. The lowest BCUT2D eigenvalue weighted by molar-refractivity contribution is -0.136. The topological polar surface area (TPSA) is 90.2 Å². The second-order valence-electron chi connectivity index (χ2n) is 10.2. The van der Waals surface area contributed by atoms with Crippen molar-refractivity contribution in [1.82, 2.24) is 5.32 Å². The maximum absolute atomic E-state index is 14.9. The average molecular weight is 521 g/mol. The van der Waals surface area contributed by atoms with E-state index in [0.29, 0.717) is 22.4 Å². The zero-order valence-electron chi connectivity index (χ0n) is 21.7. The second-order valence-corrected chi connectivity index (χ2v) is 10.2. The Morgan fingerprint density at radius 1 is 1.03 bits per heavy atom. The molecule has 0 heterocycles. The number of carbonyl (C=O) groups is 2. The number of aliphatic carboxylic acids is 1. The number of nitriles is 1. The molecule has 6 heteroatoms. The molecule has 39 heavy (non-hydrogen) atoms. The van der Waals surface area contributed by atoms with E-state index in [0.717, 1.165) is 34.9 Å². The van der Waals surface area contributed by atoms with Crippen molar-refractivity contribution in [2.75, 3.05) is 6.54 Å². The van der Waals surface area contributed by atoms with Crippen LogP contribution in [0.2, 0.25) is 0 Å². The largest absolute Gasteiger partial charge is 0.481 e. The zero-order chi connectivity index (χ0) is 27.6. The lowest BCUT2D eigenvalue weighted by Crippen LogP contribution is -2.26. The van der Waals surface area contributed by atoms with Gasteiger partial charge in [-0.25, -0.2) is 4.39 Å². The molecule has 2 N–H and O–H groups in total. The summed E-state index contributed by atoms with van der Waals surface area (Å²) in [7, 11) is 0. The molecule has 0 aromatic heterocycles. The van der Waals surface area contributed by atoms with Crippen molar-refractivity contribution in [2.24, 2.45) is 5.92 Å². The number of rotatable bonds is 9. The Hall–Kier alpha value is -4.50. The third kappa shape index (κ3) is 4.88. The van der Waals surface area contributed by atoms with Crippen LogP contribution in [0.3, 0.4) is 0 Å². The summed E-state index contributed by atoms with van der Waals surface area (Å²) < 4.78 is 14.9. The number of amides is 1. The van der Waals surface area contributed by atoms with E-state index in [4.69, 9.17) is 5.11 Å². The minimum Gasteiger partial charge on any atom is -0.481 e. The Kier molecular flexibility index (Phi) is 7.17. The molecular weight excluding hydrogens is 491 g/mol. The minimum atomic E-state index is -0.964. The lowest BCUT2D eigenvalue weighted by atomic mass is 9.71. The molecule has 1 amide bonds. The fraction of sp³-hybridized carbons (Fsp3) is 0.242. The lowest BCUT2D eigenvalue weighted by Gasteiger charge is -2.31. The van der Waals surface area contributed by atoms with Crippen LogP contribution in [0.1, 0.15) is 64.7 Å². The van der Waals surface area contributed by atoms with Crippen molar-refractivity contribution >= 4 is 22.6 Å². The fourth-order valence-electron chi connectivity index (χ4n) is 6.09. The van der Waals surface area contributed by atoms with Gasteiger partial charge in [0, 0.05) is 28.8 Å². The van der Waals surface area contributed by atoms with Gasteiger partial charge < -0.3 is 10.4 Å². The summed E-state index contributed by atoms with van der Waals surface area (Å²) in [5.41, 5.74) is 3.95. The molecule has 3 atom stereocenters. The Bertz CT molecular complexity index is 1570. The molecule has 4 aromatic rings. The second kappa shape index (κ2) is 10.7. The zero-order valence-corrected chi connectivity index (χ0v) is 21.7. The molecule has 0 radical (unpaired) electrons. The molecule has 1 saturated carbocycles. The Labute approximate surface area is 226 Å². The van der Waals surface area contributed by atoms with Gasteiger partial charge in [-0.3, -0.25) is 9.59 Å². The van der Waals surface area contributed by atoms with Gasteiger partial charge in [0.25, 0.3) is 5.91 Å². The van der Waals surface area contributed by atoms with Crippen molar-refractivity contribution in [2.45, 2.75) is 37.5 Å². The van der Waals surface area contributed by atoms with Gasteiger partial charge in [0.1, 0.15) is 5.82 Å². The van der Waals surface area contributed by atoms with Crippen molar-refractivity contribution in [1.29, 1.82) is 5.26 Å². The van der Waals surface area contributed by atoms with Crippen LogP contribution < -0.4 is 5.32 Å². The van der Waals surface area contributed by atoms with Crippen LogP contribution in [-0.2, 0) is 10.2 Å². The molecular formula is C33H29FN2O3. The quantitative estimate of drug-likeness (QED) is 0.262. The van der Waals surface area contributed by atoms with Gasteiger partial charge in [-0.05, 0) is 64.7 Å². The van der Waals surface area contributed by atoms with Crippen molar-refractivity contribution < 1.29 is 19.1 Å². The molecule has 1 aliphatic carbocycles. The highest BCUT2D eigenvalue weighted by Crippen LogP contribution is 2.65. The van der Waals surface area contributed by atoms with E-state index >= 15 is 0 Å².